The van der Waals surface area contributed by atoms with Crippen LogP contribution in [0.3, 0.4) is 0 Å². The molecule has 0 radical (unpaired) electrons. The quantitative estimate of drug-likeness (QED) is 0.634. The van der Waals surface area contributed by atoms with Gasteiger partial charge in [-0.3, -0.25) is 4.79 Å². The van der Waals surface area contributed by atoms with Crippen LogP contribution in [0.5, 0.6) is 0 Å². The number of nitrogens with one attached hydrogen (secondary N) is 1. The number of carbonyl (C=O) groups excluding carboxylic acids is 1. The maximum Gasteiger partial charge on any atom is 0.257 e. The molecule has 5 rings (SSSR count). The summed E-state index contributed by atoms with van der Waals surface area (Å²) in [5.41, 5.74) is 2.70. The third-order valence-electron chi connectivity index (χ3n) is 7.02. The minimum Gasteiger partial charge on any atom is -0.378 e. The molecule has 0 aromatic heterocycles. The van der Waals surface area contributed by atoms with Gasteiger partial charge in [0.05, 0.1) is 48.3 Å². The molecule has 0 atom stereocenters. The van der Waals surface area contributed by atoms with Gasteiger partial charge in [-0.15, -0.1) is 0 Å². The minimum absolute atomic E-state index is 0.160. The molecule has 2 aromatic rings. The van der Waals surface area contributed by atoms with Crippen LogP contribution >= 0.6 is 0 Å². The van der Waals surface area contributed by atoms with Gasteiger partial charge in [0.2, 0.25) is 10.0 Å². The number of nitrogens with zero attached hydrogens (tertiary/aromatic N) is 3. The van der Waals surface area contributed by atoms with Gasteiger partial charge in [-0.25, -0.2) is 8.42 Å². The Morgan fingerprint density at radius 2 is 1.36 bits per heavy atom. The molecule has 3 saturated heterocycles. The lowest BCUT2D eigenvalue weighted by molar-refractivity contribution is 0.102. The molecule has 2 aromatic carbocycles. The zero-order chi connectivity index (χ0) is 25.0. The Kier molecular flexibility index (Phi) is 7.76. The summed E-state index contributed by atoms with van der Waals surface area (Å²) >= 11 is 0. The van der Waals surface area contributed by atoms with Crippen LogP contribution in [0, 0.1) is 0 Å². The highest BCUT2D eigenvalue weighted by Gasteiger charge is 2.29. The number of morpholine rings is 2. The summed E-state index contributed by atoms with van der Waals surface area (Å²) in [7, 11) is -3.68. The van der Waals surface area contributed by atoms with Crippen molar-refractivity contribution in [2.24, 2.45) is 0 Å². The molecule has 0 unspecified atom stereocenters. The van der Waals surface area contributed by atoms with Crippen molar-refractivity contribution in [2.45, 2.75) is 24.2 Å². The Morgan fingerprint density at radius 1 is 0.750 bits per heavy atom. The minimum atomic E-state index is -3.68. The van der Waals surface area contributed by atoms with Crippen LogP contribution in [-0.4, -0.2) is 84.3 Å². The average Bonchev–Trinajstić information content (AvgIpc) is 2.94. The van der Waals surface area contributed by atoms with Gasteiger partial charge in [0.15, 0.2) is 0 Å². The summed E-state index contributed by atoms with van der Waals surface area (Å²) in [6, 6.07) is 12.6. The largest absolute Gasteiger partial charge is 0.378 e. The number of hydrogen-bond donors (Lipinski definition) is 1. The summed E-state index contributed by atoms with van der Waals surface area (Å²) in [4.78, 5) is 18.2. The number of piperidine rings is 1. The number of hydrogen-bond acceptors (Lipinski definition) is 7. The highest BCUT2D eigenvalue weighted by molar-refractivity contribution is 7.89. The van der Waals surface area contributed by atoms with Crippen molar-refractivity contribution >= 4 is 33.0 Å². The number of para-hydroxylation sites is 2. The third kappa shape index (κ3) is 5.36. The lowest BCUT2D eigenvalue weighted by Crippen LogP contribution is -2.38. The zero-order valence-corrected chi connectivity index (χ0v) is 21.3. The fourth-order valence-corrected chi connectivity index (χ4v) is 6.58. The van der Waals surface area contributed by atoms with Crippen molar-refractivity contribution in [3.63, 3.8) is 0 Å². The Labute approximate surface area is 213 Å². The highest BCUT2D eigenvalue weighted by Crippen LogP contribution is 2.31. The molecule has 0 bridgehead atoms. The molecule has 36 heavy (non-hydrogen) atoms. The molecule has 194 valence electrons. The van der Waals surface area contributed by atoms with Crippen LogP contribution in [0.25, 0.3) is 0 Å². The van der Waals surface area contributed by atoms with Gasteiger partial charge in [0, 0.05) is 45.0 Å². The van der Waals surface area contributed by atoms with Crippen LogP contribution < -0.4 is 15.1 Å². The molecule has 0 spiro atoms. The van der Waals surface area contributed by atoms with E-state index >= 15 is 0 Å². The monoisotopic (exact) mass is 514 g/mol. The lowest BCUT2D eigenvalue weighted by Gasteiger charge is -2.32. The second-order valence-electron chi connectivity index (χ2n) is 9.31. The van der Waals surface area contributed by atoms with Crippen molar-refractivity contribution < 1.29 is 22.7 Å². The van der Waals surface area contributed by atoms with E-state index in [-0.39, 0.29) is 10.8 Å². The third-order valence-corrected chi connectivity index (χ3v) is 8.92. The standard InChI is InChI=1S/C26H34N4O5S/c31-26(27-23-6-2-3-7-25(23)29-14-18-35-19-15-29)22-20-21(36(32,33)30-10-4-1-5-11-30)8-9-24(22)28-12-16-34-17-13-28/h2-3,6-9,20H,1,4-5,10-19H2,(H,27,31). The van der Waals surface area contributed by atoms with E-state index in [4.69, 9.17) is 9.47 Å². The number of anilines is 3. The second-order valence-corrected chi connectivity index (χ2v) is 11.3. The SMILES string of the molecule is O=C(Nc1ccccc1N1CCOCC1)c1cc(S(=O)(=O)N2CCCCC2)ccc1N1CCOCC1. The van der Waals surface area contributed by atoms with Crippen LogP contribution in [0.4, 0.5) is 17.1 Å². The van der Waals surface area contributed by atoms with Gasteiger partial charge in [0.1, 0.15) is 0 Å². The molecule has 0 saturated carbocycles. The predicted octanol–water partition coefficient (Wildman–Crippen LogP) is 2.79. The van der Waals surface area contributed by atoms with E-state index in [0.717, 1.165) is 43.7 Å². The zero-order valence-electron chi connectivity index (χ0n) is 20.5. The first-order chi connectivity index (χ1) is 17.5. The second kappa shape index (κ2) is 11.2. The van der Waals surface area contributed by atoms with E-state index in [1.807, 2.05) is 24.3 Å². The number of ether oxygens (including phenoxy) is 2. The molecule has 3 heterocycles. The number of amides is 1. The molecule has 3 aliphatic rings. The van der Waals surface area contributed by atoms with Crippen LogP contribution in [0.2, 0.25) is 0 Å². The Hall–Kier alpha value is -2.66. The molecular formula is C26H34N4O5S. The Balaban J connectivity index is 1.48. The van der Waals surface area contributed by atoms with Crippen molar-refractivity contribution in [1.29, 1.82) is 0 Å². The van der Waals surface area contributed by atoms with Crippen molar-refractivity contribution in [2.75, 3.05) is 80.8 Å². The summed E-state index contributed by atoms with van der Waals surface area (Å²) in [6.45, 7) is 6.21. The summed E-state index contributed by atoms with van der Waals surface area (Å²) < 4.78 is 39.3. The van der Waals surface area contributed by atoms with Crippen LogP contribution in [0.15, 0.2) is 47.4 Å². The number of sulfonamides is 1. The van der Waals surface area contributed by atoms with Gasteiger partial charge in [0.25, 0.3) is 5.91 Å². The van der Waals surface area contributed by atoms with E-state index in [1.54, 1.807) is 18.2 Å². The molecule has 3 aliphatic heterocycles. The molecule has 0 aliphatic carbocycles. The van der Waals surface area contributed by atoms with Crippen molar-refractivity contribution in [3.05, 3.63) is 48.0 Å². The van der Waals surface area contributed by atoms with Gasteiger partial charge in [-0.05, 0) is 43.2 Å². The van der Waals surface area contributed by atoms with Crippen LogP contribution in [0.1, 0.15) is 29.6 Å². The molecule has 10 heteroatoms. The van der Waals surface area contributed by atoms with Crippen molar-refractivity contribution in [3.8, 4) is 0 Å². The predicted molar refractivity (Wildman–Crippen MR) is 140 cm³/mol. The fraction of sp³-hybridized carbons (Fsp3) is 0.500. The average molecular weight is 515 g/mol. The topological polar surface area (TPSA) is 91.4 Å². The first-order valence-electron chi connectivity index (χ1n) is 12.7. The van der Waals surface area contributed by atoms with Gasteiger partial charge in [-0.1, -0.05) is 18.6 Å². The fourth-order valence-electron chi connectivity index (χ4n) is 5.04. The number of carbonyl (C=O) groups is 1. The summed E-state index contributed by atoms with van der Waals surface area (Å²) in [6.07, 6.45) is 2.76. The summed E-state index contributed by atoms with van der Waals surface area (Å²) in [5.74, 6) is -0.326. The molecular weight excluding hydrogens is 480 g/mol. The molecule has 1 N–H and O–H groups in total. The van der Waals surface area contributed by atoms with E-state index < -0.39 is 10.0 Å². The summed E-state index contributed by atoms with van der Waals surface area (Å²) in [5, 5.41) is 3.07. The molecule has 9 nitrogen and oxygen atoms in total. The van der Waals surface area contributed by atoms with Crippen LogP contribution in [-0.2, 0) is 19.5 Å². The number of rotatable bonds is 6. The normalized spacial score (nSPS) is 19.8. The van der Waals surface area contributed by atoms with E-state index in [2.05, 4.69) is 15.1 Å². The van der Waals surface area contributed by atoms with E-state index in [1.165, 1.54) is 4.31 Å². The number of benzene rings is 2. The smallest absolute Gasteiger partial charge is 0.257 e. The van der Waals surface area contributed by atoms with Gasteiger partial charge in [-0.2, -0.15) is 4.31 Å². The molecule has 1 amide bonds. The Morgan fingerprint density at radius 3 is 2.03 bits per heavy atom. The van der Waals surface area contributed by atoms with Gasteiger partial charge < -0.3 is 24.6 Å². The lowest BCUT2D eigenvalue weighted by atomic mass is 10.1. The highest BCUT2D eigenvalue weighted by atomic mass is 32.2. The van der Waals surface area contributed by atoms with E-state index in [0.29, 0.717) is 63.9 Å². The maximum absolute atomic E-state index is 13.7. The van der Waals surface area contributed by atoms with E-state index in [9.17, 15) is 13.2 Å². The first-order valence-corrected chi connectivity index (χ1v) is 14.2. The van der Waals surface area contributed by atoms with Gasteiger partial charge >= 0.3 is 0 Å². The Bertz CT molecular complexity index is 1170. The maximum atomic E-state index is 13.7. The first kappa shape index (κ1) is 25.0. The van der Waals surface area contributed by atoms with Crippen molar-refractivity contribution in [1.82, 2.24) is 4.31 Å². The molecule has 3 fully saturated rings.